The van der Waals surface area contributed by atoms with Crippen molar-refractivity contribution in [3.05, 3.63) is 82.3 Å². The van der Waals surface area contributed by atoms with Gasteiger partial charge in [-0.05, 0) is 60.2 Å². The van der Waals surface area contributed by atoms with Crippen LogP contribution in [0.15, 0.2) is 71.2 Å². The van der Waals surface area contributed by atoms with Crippen molar-refractivity contribution in [3.8, 4) is 21.9 Å². The predicted molar refractivity (Wildman–Crippen MR) is 113 cm³/mol. The number of ketones is 1. The minimum atomic E-state index is -0.0486. The van der Waals surface area contributed by atoms with Crippen molar-refractivity contribution < 1.29 is 14.6 Å². The van der Waals surface area contributed by atoms with Crippen LogP contribution in [0.5, 0.6) is 11.5 Å². The van der Waals surface area contributed by atoms with Crippen LogP contribution in [0.4, 0.5) is 0 Å². The van der Waals surface area contributed by atoms with Crippen LogP contribution in [0, 0.1) is 0 Å². The lowest BCUT2D eigenvalue weighted by molar-refractivity contribution is 0.104. The number of phenolic OH excluding ortho intramolecular Hbond substituents is 1. The number of phenols is 1. The maximum atomic E-state index is 13.4. The van der Waals surface area contributed by atoms with Crippen LogP contribution < -0.4 is 4.74 Å². The molecule has 5 heteroatoms. The number of aromatic hydroxyl groups is 1. The molecule has 0 aliphatic rings. The second-order valence-electron chi connectivity index (χ2n) is 6.05. The minimum absolute atomic E-state index is 0.0486. The number of thiophene rings is 1. The Labute approximate surface area is 169 Å². The Morgan fingerprint density at radius 1 is 1.00 bits per heavy atom. The van der Waals surface area contributed by atoms with Gasteiger partial charge >= 0.3 is 0 Å². The maximum Gasteiger partial charge on any atom is 0.195 e. The fraction of sp³-hybridized carbons (Fsp3) is 0.0455. The number of benzene rings is 3. The molecule has 1 N–H and O–H groups in total. The van der Waals surface area contributed by atoms with Gasteiger partial charge in [0.1, 0.15) is 11.5 Å². The number of carbonyl (C=O) groups excluding carboxylic acids is 1. The molecule has 0 radical (unpaired) electrons. The van der Waals surface area contributed by atoms with E-state index in [4.69, 9.17) is 4.74 Å². The van der Waals surface area contributed by atoms with Crippen molar-refractivity contribution in [1.29, 1.82) is 0 Å². The average molecular weight is 439 g/mol. The van der Waals surface area contributed by atoms with Crippen LogP contribution in [-0.4, -0.2) is 18.0 Å². The first-order chi connectivity index (χ1) is 13.1. The van der Waals surface area contributed by atoms with E-state index in [0.717, 1.165) is 25.0 Å². The monoisotopic (exact) mass is 438 g/mol. The number of hydrogen-bond donors (Lipinski definition) is 1. The molecule has 0 fully saturated rings. The van der Waals surface area contributed by atoms with E-state index in [1.807, 2.05) is 24.3 Å². The Bertz CT molecular complexity index is 1130. The fourth-order valence-electron chi connectivity index (χ4n) is 3.00. The van der Waals surface area contributed by atoms with E-state index in [0.29, 0.717) is 16.9 Å². The van der Waals surface area contributed by atoms with Gasteiger partial charge in [0.15, 0.2) is 5.78 Å². The molecule has 134 valence electrons. The van der Waals surface area contributed by atoms with Crippen molar-refractivity contribution in [3.63, 3.8) is 0 Å². The van der Waals surface area contributed by atoms with Gasteiger partial charge in [0.05, 0.1) is 7.11 Å². The van der Waals surface area contributed by atoms with E-state index >= 15 is 0 Å². The first-order valence-corrected chi connectivity index (χ1v) is 9.88. The number of rotatable bonds is 4. The largest absolute Gasteiger partial charge is 0.508 e. The highest BCUT2D eigenvalue weighted by Gasteiger charge is 2.21. The lowest BCUT2D eigenvalue weighted by atomic mass is 9.97. The van der Waals surface area contributed by atoms with Crippen LogP contribution in [-0.2, 0) is 0 Å². The molecule has 4 aromatic rings. The molecule has 27 heavy (non-hydrogen) atoms. The fourth-order valence-corrected chi connectivity index (χ4v) is 4.50. The van der Waals surface area contributed by atoms with Crippen LogP contribution in [0.2, 0.25) is 0 Å². The van der Waals surface area contributed by atoms with Crippen LogP contribution in [0.25, 0.3) is 20.5 Å². The normalized spacial score (nSPS) is 10.9. The number of ether oxygens (including phenoxy) is 1. The first kappa shape index (κ1) is 17.8. The number of methoxy groups -OCH3 is 1. The zero-order valence-electron chi connectivity index (χ0n) is 14.4. The number of hydrogen-bond acceptors (Lipinski definition) is 4. The second-order valence-corrected chi connectivity index (χ2v) is 8.02. The van der Waals surface area contributed by atoms with Gasteiger partial charge in [-0.1, -0.05) is 28.1 Å². The molecule has 0 spiro atoms. The van der Waals surface area contributed by atoms with Crippen LogP contribution >= 0.6 is 27.3 Å². The molecule has 0 atom stereocenters. The van der Waals surface area contributed by atoms with E-state index in [9.17, 15) is 9.90 Å². The molecular formula is C22H15BrO3S. The third-order valence-electron chi connectivity index (χ3n) is 4.36. The van der Waals surface area contributed by atoms with Gasteiger partial charge in [0, 0.05) is 30.6 Å². The molecule has 4 rings (SSSR count). The first-order valence-electron chi connectivity index (χ1n) is 8.27. The molecule has 0 unspecified atom stereocenters. The molecule has 3 nitrogen and oxygen atoms in total. The summed E-state index contributed by atoms with van der Waals surface area (Å²) < 4.78 is 7.04. The second kappa shape index (κ2) is 7.18. The van der Waals surface area contributed by atoms with E-state index in [-0.39, 0.29) is 11.5 Å². The lowest BCUT2D eigenvalue weighted by Gasteiger charge is -2.06. The molecule has 0 aliphatic carbocycles. The molecule has 0 bridgehead atoms. The lowest BCUT2D eigenvalue weighted by Crippen LogP contribution is -2.02. The Morgan fingerprint density at radius 2 is 1.70 bits per heavy atom. The van der Waals surface area contributed by atoms with Crippen molar-refractivity contribution in [2.24, 2.45) is 0 Å². The number of halogens is 1. The number of fused-ring (bicyclic) bond motifs is 1. The van der Waals surface area contributed by atoms with Crippen LogP contribution in [0.3, 0.4) is 0 Å². The van der Waals surface area contributed by atoms with E-state index in [1.54, 1.807) is 49.6 Å². The van der Waals surface area contributed by atoms with Crippen LogP contribution in [0.1, 0.15) is 15.9 Å². The van der Waals surface area contributed by atoms with Gasteiger partial charge in [-0.3, -0.25) is 4.79 Å². The molecule has 1 heterocycles. The van der Waals surface area contributed by atoms with Crippen molar-refractivity contribution in [2.75, 3.05) is 7.11 Å². The third kappa shape index (κ3) is 3.36. The summed E-state index contributed by atoms with van der Waals surface area (Å²) in [5.41, 5.74) is 2.22. The summed E-state index contributed by atoms with van der Waals surface area (Å²) in [5.74, 6) is 0.849. The standard InChI is InChI=1S/C22H15BrO3S/c1-26-17-9-4-13(5-10-17)21(25)20-18-11-8-16(24)12-19(18)27-22(20)14-2-6-15(23)7-3-14/h2-12,24H,1H3. The van der Waals surface area contributed by atoms with Crippen molar-refractivity contribution in [2.45, 2.75) is 0 Å². The topological polar surface area (TPSA) is 46.5 Å². The highest BCUT2D eigenvalue weighted by Crippen LogP contribution is 2.41. The molecule has 0 aliphatic heterocycles. The summed E-state index contributed by atoms with van der Waals surface area (Å²) in [6.45, 7) is 0. The minimum Gasteiger partial charge on any atom is -0.508 e. The van der Waals surface area contributed by atoms with Gasteiger partial charge in [-0.15, -0.1) is 11.3 Å². The smallest absolute Gasteiger partial charge is 0.195 e. The maximum absolute atomic E-state index is 13.4. The SMILES string of the molecule is COc1ccc(C(=O)c2c(-c3ccc(Br)cc3)sc3cc(O)ccc23)cc1. The summed E-state index contributed by atoms with van der Waals surface area (Å²) >= 11 is 4.96. The zero-order valence-corrected chi connectivity index (χ0v) is 16.8. The molecule has 1 aromatic heterocycles. The van der Waals surface area contributed by atoms with Crippen molar-refractivity contribution in [1.82, 2.24) is 0 Å². The van der Waals surface area contributed by atoms with Crippen molar-refractivity contribution >= 4 is 43.1 Å². The summed E-state index contributed by atoms with van der Waals surface area (Å²) in [4.78, 5) is 14.3. The quantitative estimate of drug-likeness (QED) is 0.381. The van der Waals surface area contributed by atoms with Gasteiger partial charge < -0.3 is 9.84 Å². The van der Waals surface area contributed by atoms with Gasteiger partial charge in [0.25, 0.3) is 0 Å². The average Bonchev–Trinajstić information content (AvgIpc) is 3.06. The molecular weight excluding hydrogens is 424 g/mol. The van der Waals surface area contributed by atoms with Gasteiger partial charge in [-0.2, -0.15) is 0 Å². The molecule has 0 amide bonds. The highest BCUT2D eigenvalue weighted by molar-refractivity contribution is 9.10. The van der Waals surface area contributed by atoms with E-state index < -0.39 is 0 Å². The number of carbonyl (C=O) groups is 1. The molecule has 0 saturated carbocycles. The van der Waals surface area contributed by atoms with E-state index in [1.165, 1.54) is 11.3 Å². The summed E-state index contributed by atoms with van der Waals surface area (Å²) in [6.07, 6.45) is 0. The summed E-state index contributed by atoms with van der Waals surface area (Å²) in [5, 5.41) is 10.7. The van der Waals surface area contributed by atoms with Gasteiger partial charge in [-0.25, -0.2) is 0 Å². The Kier molecular flexibility index (Phi) is 4.72. The predicted octanol–water partition coefficient (Wildman–Crippen LogP) is 6.28. The molecule has 3 aromatic carbocycles. The van der Waals surface area contributed by atoms with E-state index in [2.05, 4.69) is 15.9 Å². The Balaban J connectivity index is 1.92. The Hall–Kier alpha value is -2.63. The summed E-state index contributed by atoms with van der Waals surface area (Å²) in [6, 6.07) is 20.1. The van der Waals surface area contributed by atoms with Gasteiger partial charge in [0.2, 0.25) is 0 Å². The third-order valence-corrected chi connectivity index (χ3v) is 6.09. The molecule has 0 saturated heterocycles. The Morgan fingerprint density at radius 3 is 2.37 bits per heavy atom. The zero-order chi connectivity index (χ0) is 19.0. The highest BCUT2D eigenvalue weighted by atomic mass is 79.9. The summed E-state index contributed by atoms with van der Waals surface area (Å²) in [7, 11) is 1.60.